The molecular formula is C27H23NO3. The second-order valence-corrected chi connectivity index (χ2v) is 9.00. The van der Waals surface area contributed by atoms with E-state index >= 15 is 0 Å². The molecule has 2 amide bonds. The fourth-order valence-corrected chi connectivity index (χ4v) is 6.59. The van der Waals surface area contributed by atoms with E-state index in [1.54, 1.807) is 6.92 Å². The third-order valence-corrected chi connectivity index (χ3v) is 7.70. The predicted octanol–water partition coefficient (Wildman–Crippen LogP) is 3.93. The highest BCUT2D eigenvalue weighted by Crippen LogP contribution is 2.65. The average Bonchev–Trinajstić information content (AvgIpc) is 3.05. The molecule has 3 unspecified atom stereocenters. The summed E-state index contributed by atoms with van der Waals surface area (Å²) in [6.07, 6.45) is -0.836. The molecule has 0 aromatic heterocycles. The van der Waals surface area contributed by atoms with Crippen LogP contribution in [0.1, 0.15) is 40.7 Å². The second kappa shape index (κ2) is 6.14. The Morgan fingerprint density at radius 2 is 1.39 bits per heavy atom. The molecule has 3 aromatic rings. The number of carbonyl (C=O) groups excluding carboxylic acids is 2. The summed E-state index contributed by atoms with van der Waals surface area (Å²) in [5.74, 6) is -1.72. The van der Waals surface area contributed by atoms with Crippen LogP contribution in [0.5, 0.6) is 0 Å². The van der Waals surface area contributed by atoms with Crippen molar-refractivity contribution < 1.29 is 14.7 Å². The Bertz CT molecular complexity index is 1210. The maximum atomic E-state index is 14.0. The lowest BCUT2D eigenvalue weighted by molar-refractivity contribution is -0.126. The lowest BCUT2D eigenvalue weighted by Gasteiger charge is -2.55. The number of nitrogens with zero attached hydrogens (tertiary/aromatic N) is 1. The van der Waals surface area contributed by atoms with Crippen molar-refractivity contribution in [2.75, 3.05) is 4.90 Å². The summed E-state index contributed by atoms with van der Waals surface area (Å²) in [5.41, 5.74) is 4.63. The van der Waals surface area contributed by atoms with Gasteiger partial charge in [0, 0.05) is 5.92 Å². The number of benzene rings is 3. The molecule has 3 aromatic carbocycles. The lowest BCUT2D eigenvalue weighted by atomic mass is 9.46. The summed E-state index contributed by atoms with van der Waals surface area (Å²) in [6.45, 7) is 3.67. The van der Waals surface area contributed by atoms with Crippen molar-refractivity contribution in [1.82, 2.24) is 0 Å². The summed E-state index contributed by atoms with van der Waals surface area (Å²) in [7, 11) is 0. The quantitative estimate of drug-likeness (QED) is 0.653. The normalized spacial score (nSPS) is 28.9. The summed E-state index contributed by atoms with van der Waals surface area (Å²) >= 11 is 0. The molecule has 2 bridgehead atoms. The van der Waals surface area contributed by atoms with E-state index < -0.39 is 23.4 Å². The fraction of sp³-hybridized carbons (Fsp3) is 0.259. The zero-order valence-electron chi connectivity index (χ0n) is 17.4. The van der Waals surface area contributed by atoms with E-state index in [-0.39, 0.29) is 17.7 Å². The first kappa shape index (κ1) is 18.5. The number of hydrogen-bond acceptors (Lipinski definition) is 3. The Labute approximate surface area is 181 Å². The highest BCUT2D eigenvalue weighted by molar-refractivity contribution is 6.24. The number of hydrogen-bond donors (Lipinski definition) is 1. The van der Waals surface area contributed by atoms with Gasteiger partial charge < -0.3 is 5.11 Å². The molecule has 3 aliphatic carbocycles. The lowest BCUT2D eigenvalue weighted by Crippen LogP contribution is -2.58. The highest BCUT2D eigenvalue weighted by Gasteiger charge is 2.69. The van der Waals surface area contributed by atoms with Gasteiger partial charge in [-0.15, -0.1) is 0 Å². The van der Waals surface area contributed by atoms with Gasteiger partial charge in [-0.25, -0.2) is 4.90 Å². The second-order valence-electron chi connectivity index (χ2n) is 9.00. The molecule has 154 valence electrons. The maximum Gasteiger partial charge on any atom is 0.239 e. The number of aryl methyl sites for hydroxylation is 1. The highest BCUT2D eigenvalue weighted by atomic mass is 16.3. The maximum absolute atomic E-state index is 14.0. The monoisotopic (exact) mass is 409 g/mol. The van der Waals surface area contributed by atoms with Crippen LogP contribution in [0.25, 0.3) is 0 Å². The number of anilines is 1. The topological polar surface area (TPSA) is 57.6 Å². The zero-order chi connectivity index (χ0) is 21.5. The van der Waals surface area contributed by atoms with E-state index in [2.05, 4.69) is 12.1 Å². The molecule has 7 rings (SSSR count). The molecule has 1 N–H and O–H groups in total. The van der Waals surface area contributed by atoms with Crippen LogP contribution in [0.3, 0.4) is 0 Å². The minimum atomic E-state index is -0.948. The molecule has 0 spiro atoms. The van der Waals surface area contributed by atoms with Crippen LogP contribution >= 0.6 is 0 Å². The predicted molar refractivity (Wildman–Crippen MR) is 118 cm³/mol. The van der Waals surface area contributed by atoms with Gasteiger partial charge in [0.2, 0.25) is 11.8 Å². The van der Waals surface area contributed by atoms with Crippen molar-refractivity contribution in [3.05, 3.63) is 101 Å². The molecular weight excluding hydrogens is 386 g/mol. The number of aliphatic hydroxyl groups is 1. The van der Waals surface area contributed by atoms with Crippen LogP contribution in [0.4, 0.5) is 5.69 Å². The number of para-hydroxylation sites is 1. The molecule has 31 heavy (non-hydrogen) atoms. The van der Waals surface area contributed by atoms with Gasteiger partial charge in [-0.3, -0.25) is 9.59 Å². The van der Waals surface area contributed by atoms with Gasteiger partial charge in [0.05, 0.1) is 29.0 Å². The summed E-state index contributed by atoms with van der Waals surface area (Å²) in [5, 5.41) is 11.3. The molecule has 0 saturated carbocycles. The van der Waals surface area contributed by atoms with Crippen LogP contribution in [0, 0.1) is 18.8 Å². The molecule has 0 radical (unpaired) electrons. The third kappa shape index (κ3) is 2.04. The summed E-state index contributed by atoms with van der Waals surface area (Å²) in [6, 6.07) is 23.5. The molecule has 1 heterocycles. The van der Waals surface area contributed by atoms with Gasteiger partial charge in [0.1, 0.15) is 0 Å². The van der Waals surface area contributed by atoms with E-state index in [1.165, 1.54) is 4.90 Å². The van der Waals surface area contributed by atoms with Crippen molar-refractivity contribution in [2.45, 2.75) is 31.3 Å². The van der Waals surface area contributed by atoms with Crippen molar-refractivity contribution in [3.8, 4) is 0 Å². The number of amides is 2. The van der Waals surface area contributed by atoms with Gasteiger partial charge in [0.25, 0.3) is 0 Å². The summed E-state index contributed by atoms with van der Waals surface area (Å²) in [4.78, 5) is 29.3. The van der Waals surface area contributed by atoms with Crippen molar-refractivity contribution in [3.63, 3.8) is 0 Å². The number of imide groups is 1. The van der Waals surface area contributed by atoms with E-state index in [1.807, 2.05) is 67.6 Å². The molecule has 1 aliphatic heterocycles. The Morgan fingerprint density at radius 1 is 0.839 bits per heavy atom. The molecule has 4 nitrogen and oxygen atoms in total. The standard InChI is InChI=1S/C27H23NO3/c1-15-9-3-8-14-21(15)28-25(30)23-22-17-10-4-6-12-19(17)27(16(2)29,24(23)26(28)31)20-13-7-5-11-18(20)22/h3-14,16,22-24,29H,1-2H3. The van der Waals surface area contributed by atoms with E-state index in [9.17, 15) is 14.7 Å². The van der Waals surface area contributed by atoms with E-state index in [0.29, 0.717) is 5.69 Å². The Balaban J connectivity index is 1.68. The number of carbonyl (C=O) groups is 2. The number of aliphatic hydroxyl groups excluding tert-OH is 1. The van der Waals surface area contributed by atoms with E-state index in [0.717, 1.165) is 27.8 Å². The van der Waals surface area contributed by atoms with Gasteiger partial charge in [-0.05, 0) is 47.7 Å². The van der Waals surface area contributed by atoms with Crippen LogP contribution in [0.2, 0.25) is 0 Å². The van der Waals surface area contributed by atoms with Gasteiger partial charge >= 0.3 is 0 Å². The molecule has 4 heteroatoms. The van der Waals surface area contributed by atoms with Crippen LogP contribution < -0.4 is 4.90 Å². The largest absolute Gasteiger partial charge is 0.392 e. The molecule has 1 saturated heterocycles. The van der Waals surface area contributed by atoms with Crippen molar-refractivity contribution >= 4 is 17.5 Å². The Kier molecular flexibility index (Phi) is 3.67. The van der Waals surface area contributed by atoms with Crippen LogP contribution in [-0.4, -0.2) is 23.0 Å². The molecule has 1 fully saturated rings. The molecule has 3 atom stereocenters. The SMILES string of the molecule is Cc1ccccc1N1C(=O)C2C3c4ccccc4C(C(C)O)(c4ccccc43)C2C1=O. The first-order valence-electron chi connectivity index (χ1n) is 10.8. The zero-order valence-corrected chi connectivity index (χ0v) is 17.4. The fourth-order valence-electron chi connectivity index (χ4n) is 6.59. The van der Waals surface area contributed by atoms with Gasteiger partial charge in [-0.1, -0.05) is 66.7 Å². The van der Waals surface area contributed by atoms with Gasteiger partial charge in [0.15, 0.2) is 0 Å². The third-order valence-electron chi connectivity index (χ3n) is 7.70. The Hall–Kier alpha value is -3.24. The molecule has 4 aliphatic rings. The Morgan fingerprint density at radius 3 is 1.97 bits per heavy atom. The van der Waals surface area contributed by atoms with Crippen molar-refractivity contribution in [2.24, 2.45) is 11.8 Å². The minimum Gasteiger partial charge on any atom is -0.392 e. The van der Waals surface area contributed by atoms with Gasteiger partial charge in [-0.2, -0.15) is 0 Å². The first-order chi connectivity index (χ1) is 15.0. The van der Waals surface area contributed by atoms with E-state index in [4.69, 9.17) is 0 Å². The van der Waals surface area contributed by atoms with Crippen LogP contribution in [0.15, 0.2) is 72.8 Å². The van der Waals surface area contributed by atoms with Crippen LogP contribution in [-0.2, 0) is 15.0 Å². The summed E-state index contributed by atoms with van der Waals surface area (Å²) < 4.78 is 0. The minimum absolute atomic E-state index is 0.164. The number of rotatable bonds is 2. The smallest absolute Gasteiger partial charge is 0.239 e. The van der Waals surface area contributed by atoms with Crippen molar-refractivity contribution in [1.29, 1.82) is 0 Å². The average molecular weight is 409 g/mol. The first-order valence-corrected chi connectivity index (χ1v) is 10.8.